The number of fused-ring (bicyclic) bond motifs is 1. The van der Waals surface area contributed by atoms with Gasteiger partial charge in [0.2, 0.25) is 5.91 Å². The molecule has 9 nitrogen and oxygen atoms in total. The van der Waals surface area contributed by atoms with E-state index in [4.69, 9.17) is 4.74 Å². The number of rotatable bonds is 6. The molecule has 0 saturated carbocycles. The maximum atomic E-state index is 12.7. The number of ether oxygens (including phenoxy) is 1. The van der Waals surface area contributed by atoms with Crippen LogP contribution in [0.5, 0.6) is 5.75 Å². The predicted molar refractivity (Wildman–Crippen MR) is 127 cm³/mol. The third-order valence-corrected chi connectivity index (χ3v) is 6.67. The van der Waals surface area contributed by atoms with Gasteiger partial charge in [0.15, 0.2) is 0 Å². The largest absolute Gasteiger partial charge is 0.497 e. The van der Waals surface area contributed by atoms with E-state index in [-0.39, 0.29) is 30.2 Å². The summed E-state index contributed by atoms with van der Waals surface area (Å²) < 4.78 is 5.40. The molecular formula is C24H33N7O2. The molecule has 2 aromatic rings. The summed E-state index contributed by atoms with van der Waals surface area (Å²) in [5.41, 5.74) is 9.15. The van der Waals surface area contributed by atoms with Gasteiger partial charge in [-0.25, -0.2) is 5.43 Å². The number of amides is 1. The van der Waals surface area contributed by atoms with E-state index in [1.807, 2.05) is 18.2 Å². The first kappa shape index (κ1) is 22.1. The molecule has 176 valence electrons. The number of anilines is 1. The Labute approximate surface area is 194 Å². The maximum Gasteiger partial charge on any atom is 0.242 e. The minimum atomic E-state index is -0.256. The van der Waals surface area contributed by atoms with E-state index in [2.05, 4.69) is 67.4 Å². The monoisotopic (exact) mass is 451 g/mol. The van der Waals surface area contributed by atoms with Crippen molar-refractivity contribution in [1.82, 2.24) is 31.7 Å². The predicted octanol–water partition coefficient (Wildman–Crippen LogP) is 0.349. The third kappa shape index (κ3) is 5.13. The number of benzene rings is 2. The summed E-state index contributed by atoms with van der Waals surface area (Å²) in [5, 5.41) is 14.2. The van der Waals surface area contributed by atoms with Crippen LogP contribution in [0.15, 0.2) is 48.5 Å². The summed E-state index contributed by atoms with van der Waals surface area (Å²) in [6, 6.07) is 16.5. The van der Waals surface area contributed by atoms with E-state index in [1.165, 1.54) is 5.56 Å². The van der Waals surface area contributed by atoms with Crippen molar-refractivity contribution in [1.29, 1.82) is 0 Å². The molecule has 0 radical (unpaired) electrons. The molecule has 3 fully saturated rings. The molecule has 33 heavy (non-hydrogen) atoms. The van der Waals surface area contributed by atoms with Crippen molar-refractivity contribution < 1.29 is 9.53 Å². The van der Waals surface area contributed by atoms with Crippen molar-refractivity contribution in [2.24, 2.45) is 5.92 Å². The molecule has 2 aromatic carbocycles. The van der Waals surface area contributed by atoms with E-state index in [0.717, 1.165) is 49.7 Å². The van der Waals surface area contributed by atoms with Gasteiger partial charge in [0, 0.05) is 51.0 Å². The van der Waals surface area contributed by atoms with E-state index in [9.17, 15) is 4.79 Å². The highest BCUT2D eigenvalue weighted by Gasteiger charge is 2.44. The van der Waals surface area contributed by atoms with Gasteiger partial charge in [-0.1, -0.05) is 24.3 Å². The average molecular weight is 452 g/mol. The van der Waals surface area contributed by atoms with Crippen LogP contribution in [0.2, 0.25) is 0 Å². The Hall–Kier alpha value is -2.69. The molecule has 0 spiro atoms. The van der Waals surface area contributed by atoms with Crippen molar-refractivity contribution in [3.63, 3.8) is 0 Å². The van der Waals surface area contributed by atoms with Gasteiger partial charge < -0.3 is 15.4 Å². The number of carbonyl (C=O) groups excluding carboxylic acids is 1. The normalized spacial score (nSPS) is 28.0. The smallest absolute Gasteiger partial charge is 0.242 e. The molecule has 4 atom stereocenters. The first-order chi connectivity index (χ1) is 16.2. The first-order valence-electron chi connectivity index (χ1n) is 11.7. The molecule has 4 unspecified atom stereocenters. The minimum absolute atomic E-state index is 0.0133. The van der Waals surface area contributed by atoms with Crippen molar-refractivity contribution in [2.75, 3.05) is 45.2 Å². The molecule has 3 aliphatic rings. The van der Waals surface area contributed by atoms with Crippen LogP contribution in [-0.4, -0.2) is 62.8 Å². The highest BCUT2D eigenvalue weighted by Crippen LogP contribution is 2.27. The van der Waals surface area contributed by atoms with Crippen molar-refractivity contribution >= 4 is 11.6 Å². The maximum absolute atomic E-state index is 12.7. The molecule has 3 aliphatic heterocycles. The SMILES string of the molecule is COc1cccc(C2NC3CNNC(=O)C3C(Nc3ccc(CN4CCNCC4)cc3)N2)c1. The van der Waals surface area contributed by atoms with Crippen molar-refractivity contribution in [3.8, 4) is 5.75 Å². The third-order valence-electron chi connectivity index (χ3n) is 6.67. The molecule has 9 heteroatoms. The molecular weight excluding hydrogens is 418 g/mol. The van der Waals surface area contributed by atoms with Crippen LogP contribution in [-0.2, 0) is 11.3 Å². The fourth-order valence-electron chi connectivity index (χ4n) is 4.89. The zero-order chi connectivity index (χ0) is 22.6. The summed E-state index contributed by atoms with van der Waals surface area (Å²) in [6.07, 6.45) is -0.341. The molecule has 0 aliphatic carbocycles. The minimum Gasteiger partial charge on any atom is -0.497 e. The van der Waals surface area contributed by atoms with Gasteiger partial charge in [-0.05, 0) is 35.4 Å². The molecule has 1 amide bonds. The quantitative estimate of drug-likeness (QED) is 0.374. The van der Waals surface area contributed by atoms with E-state index in [0.29, 0.717) is 6.54 Å². The molecule has 3 saturated heterocycles. The van der Waals surface area contributed by atoms with Gasteiger partial charge in [0.1, 0.15) is 5.75 Å². The summed E-state index contributed by atoms with van der Waals surface area (Å²) in [4.78, 5) is 15.2. The van der Waals surface area contributed by atoms with Gasteiger partial charge >= 0.3 is 0 Å². The van der Waals surface area contributed by atoms with Gasteiger partial charge in [-0.3, -0.25) is 25.8 Å². The Bertz CT molecular complexity index is 948. The fourth-order valence-corrected chi connectivity index (χ4v) is 4.89. The second kappa shape index (κ2) is 10.1. The summed E-state index contributed by atoms with van der Waals surface area (Å²) >= 11 is 0. The molecule has 0 bridgehead atoms. The number of hydrazine groups is 1. The number of carbonyl (C=O) groups is 1. The first-order valence-corrected chi connectivity index (χ1v) is 11.7. The van der Waals surface area contributed by atoms with Crippen LogP contribution >= 0.6 is 0 Å². The van der Waals surface area contributed by atoms with Crippen LogP contribution in [0, 0.1) is 5.92 Å². The topological polar surface area (TPSA) is 102 Å². The number of piperazine rings is 1. The zero-order valence-electron chi connectivity index (χ0n) is 18.9. The second-order valence-electron chi connectivity index (χ2n) is 8.89. The van der Waals surface area contributed by atoms with Crippen molar-refractivity contribution in [3.05, 3.63) is 59.7 Å². The lowest BCUT2D eigenvalue weighted by Gasteiger charge is -2.46. The number of methoxy groups -OCH3 is 1. The lowest BCUT2D eigenvalue weighted by Crippen LogP contribution is -2.71. The Kier molecular flexibility index (Phi) is 6.75. The lowest BCUT2D eigenvalue weighted by atomic mass is 9.89. The Morgan fingerprint density at radius 2 is 1.91 bits per heavy atom. The van der Waals surface area contributed by atoms with Crippen LogP contribution < -0.4 is 36.9 Å². The second-order valence-corrected chi connectivity index (χ2v) is 8.89. The van der Waals surface area contributed by atoms with Crippen LogP contribution in [0.3, 0.4) is 0 Å². The number of hydrogen-bond acceptors (Lipinski definition) is 8. The Morgan fingerprint density at radius 1 is 1.09 bits per heavy atom. The molecule has 0 aromatic heterocycles. The average Bonchev–Trinajstić information content (AvgIpc) is 2.86. The molecule has 5 rings (SSSR count). The molecule has 3 heterocycles. The highest BCUT2D eigenvalue weighted by molar-refractivity contribution is 5.81. The number of nitrogens with one attached hydrogen (secondary N) is 6. The molecule has 6 N–H and O–H groups in total. The zero-order valence-corrected chi connectivity index (χ0v) is 18.9. The van der Waals surface area contributed by atoms with E-state index >= 15 is 0 Å². The standard InChI is InChI=1S/C24H33N7O2/c1-33-19-4-2-3-17(13-19)22-28-20-14-26-30-24(32)21(20)23(29-22)27-18-7-5-16(6-8-18)15-31-11-9-25-10-12-31/h2-8,13,20-23,25-29H,9-12,14-15H2,1H3,(H,30,32). The Morgan fingerprint density at radius 3 is 2.70 bits per heavy atom. The van der Waals surface area contributed by atoms with E-state index < -0.39 is 0 Å². The number of hydrogen-bond donors (Lipinski definition) is 6. The fraction of sp³-hybridized carbons (Fsp3) is 0.458. The summed E-state index contributed by atoms with van der Waals surface area (Å²) in [5.74, 6) is 0.527. The lowest BCUT2D eigenvalue weighted by molar-refractivity contribution is -0.131. The van der Waals surface area contributed by atoms with Gasteiger partial charge in [-0.2, -0.15) is 0 Å². The summed E-state index contributed by atoms with van der Waals surface area (Å²) in [7, 11) is 1.67. The van der Waals surface area contributed by atoms with Crippen LogP contribution in [0.4, 0.5) is 5.69 Å². The van der Waals surface area contributed by atoms with Crippen LogP contribution in [0.1, 0.15) is 17.3 Å². The van der Waals surface area contributed by atoms with E-state index in [1.54, 1.807) is 7.11 Å². The van der Waals surface area contributed by atoms with Crippen LogP contribution in [0.25, 0.3) is 0 Å². The Balaban J connectivity index is 1.31. The highest BCUT2D eigenvalue weighted by atomic mass is 16.5. The summed E-state index contributed by atoms with van der Waals surface area (Å²) in [6.45, 7) is 5.88. The van der Waals surface area contributed by atoms with Gasteiger partial charge in [0.05, 0.1) is 25.4 Å². The van der Waals surface area contributed by atoms with Gasteiger partial charge in [-0.15, -0.1) is 0 Å². The van der Waals surface area contributed by atoms with Crippen molar-refractivity contribution in [2.45, 2.75) is 24.9 Å². The van der Waals surface area contributed by atoms with Gasteiger partial charge in [0.25, 0.3) is 0 Å². The number of nitrogens with zero attached hydrogens (tertiary/aromatic N) is 1.